The van der Waals surface area contributed by atoms with Crippen LogP contribution in [0.3, 0.4) is 0 Å². The van der Waals surface area contributed by atoms with Crippen molar-refractivity contribution in [1.29, 1.82) is 0 Å². The summed E-state index contributed by atoms with van der Waals surface area (Å²) in [5.41, 5.74) is 3.09. The first-order valence-corrected chi connectivity index (χ1v) is 11.0. The minimum absolute atomic E-state index is 0.0991. The molecule has 4 nitrogen and oxygen atoms in total. The minimum Gasteiger partial charge on any atom is -0.379 e. The van der Waals surface area contributed by atoms with Gasteiger partial charge in [0, 0.05) is 0 Å². The highest BCUT2D eigenvalue weighted by molar-refractivity contribution is 7.87. The van der Waals surface area contributed by atoms with Crippen molar-refractivity contribution in [2.45, 2.75) is 38.4 Å². The molecule has 0 spiro atoms. The van der Waals surface area contributed by atoms with Crippen LogP contribution in [0, 0.1) is 12.8 Å². The van der Waals surface area contributed by atoms with Gasteiger partial charge in [-0.3, -0.25) is 0 Å². The maximum Gasteiger partial charge on any atom is 0.339 e. The highest BCUT2D eigenvalue weighted by Gasteiger charge is 2.19. The zero-order valence-corrected chi connectivity index (χ0v) is 17.7. The van der Waals surface area contributed by atoms with Crippen molar-refractivity contribution in [1.82, 2.24) is 0 Å². The minimum atomic E-state index is -3.86. The molecule has 1 atom stereocenters. The van der Waals surface area contributed by atoms with Crippen molar-refractivity contribution < 1.29 is 17.3 Å². The summed E-state index contributed by atoms with van der Waals surface area (Å²) in [4.78, 5) is 0.137. The van der Waals surface area contributed by atoms with Crippen LogP contribution in [-0.2, 0) is 21.5 Å². The molecule has 0 aliphatic heterocycles. The van der Waals surface area contributed by atoms with Crippen molar-refractivity contribution in [2.75, 3.05) is 0 Å². The summed E-state index contributed by atoms with van der Waals surface area (Å²) >= 11 is 0. The summed E-state index contributed by atoms with van der Waals surface area (Å²) in [6, 6.07) is 23.7. The zero-order chi connectivity index (χ0) is 20.9. The Hall–Kier alpha value is -2.63. The van der Waals surface area contributed by atoms with Gasteiger partial charge in [-0.05, 0) is 48.2 Å². The fourth-order valence-electron chi connectivity index (χ4n) is 3.03. The topological polar surface area (TPSA) is 52.6 Å². The van der Waals surface area contributed by atoms with Crippen molar-refractivity contribution in [3.8, 4) is 5.75 Å². The molecule has 1 unspecified atom stereocenters. The first-order chi connectivity index (χ1) is 13.8. The predicted molar refractivity (Wildman–Crippen MR) is 114 cm³/mol. The molecule has 3 aromatic rings. The molecule has 0 heterocycles. The van der Waals surface area contributed by atoms with E-state index in [1.165, 1.54) is 0 Å². The second-order valence-corrected chi connectivity index (χ2v) is 8.93. The monoisotopic (exact) mass is 410 g/mol. The van der Waals surface area contributed by atoms with Crippen molar-refractivity contribution >= 4 is 10.1 Å². The summed E-state index contributed by atoms with van der Waals surface area (Å²) < 4.78 is 36.3. The lowest BCUT2D eigenvalue weighted by Crippen LogP contribution is -2.12. The van der Waals surface area contributed by atoms with E-state index in [-0.39, 0.29) is 22.7 Å². The van der Waals surface area contributed by atoms with E-state index in [1.54, 1.807) is 36.4 Å². The van der Waals surface area contributed by atoms with Gasteiger partial charge in [0.2, 0.25) is 0 Å². The Balaban J connectivity index is 1.71. The Morgan fingerprint density at radius 3 is 2.03 bits per heavy atom. The van der Waals surface area contributed by atoms with E-state index in [2.05, 4.69) is 13.8 Å². The lowest BCUT2D eigenvalue weighted by molar-refractivity contribution is 0.00898. The van der Waals surface area contributed by atoms with Crippen LogP contribution in [0.4, 0.5) is 0 Å². The van der Waals surface area contributed by atoms with Gasteiger partial charge < -0.3 is 8.92 Å². The summed E-state index contributed by atoms with van der Waals surface area (Å²) in [6.07, 6.45) is -0.0991. The highest BCUT2D eigenvalue weighted by Crippen LogP contribution is 2.29. The largest absolute Gasteiger partial charge is 0.379 e. The number of rotatable bonds is 8. The van der Waals surface area contributed by atoms with Gasteiger partial charge in [0.1, 0.15) is 10.6 Å². The maximum atomic E-state index is 12.5. The molecule has 0 radical (unpaired) electrons. The summed E-state index contributed by atoms with van der Waals surface area (Å²) in [5.74, 6) is 0.543. The Morgan fingerprint density at radius 1 is 0.828 bits per heavy atom. The first kappa shape index (κ1) is 21.1. The van der Waals surface area contributed by atoms with Crippen molar-refractivity contribution in [3.63, 3.8) is 0 Å². The molecule has 5 heteroatoms. The van der Waals surface area contributed by atoms with Crippen molar-refractivity contribution in [2.24, 2.45) is 5.92 Å². The van der Waals surface area contributed by atoms with Crippen LogP contribution >= 0.6 is 0 Å². The third kappa shape index (κ3) is 5.68. The average Bonchev–Trinajstić information content (AvgIpc) is 2.70. The summed E-state index contributed by atoms with van der Waals surface area (Å²) in [7, 11) is -3.86. The van der Waals surface area contributed by atoms with E-state index in [1.807, 2.05) is 49.4 Å². The van der Waals surface area contributed by atoms with Gasteiger partial charge in [0.15, 0.2) is 0 Å². The van der Waals surface area contributed by atoms with Crippen LogP contribution in [-0.4, -0.2) is 8.42 Å². The Bertz CT molecular complexity index is 1010. The number of ether oxygens (including phenoxy) is 1. The molecule has 0 aliphatic carbocycles. The third-order valence-electron chi connectivity index (χ3n) is 4.60. The second kappa shape index (κ2) is 9.25. The van der Waals surface area contributed by atoms with E-state index >= 15 is 0 Å². The fourth-order valence-corrected chi connectivity index (χ4v) is 3.96. The van der Waals surface area contributed by atoms with Crippen molar-refractivity contribution in [3.05, 3.63) is 95.6 Å². The van der Waals surface area contributed by atoms with Gasteiger partial charge >= 0.3 is 10.1 Å². The molecule has 0 amide bonds. The third-order valence-corrected chi connectivity index (χ3v) is 5.86. The molecule has 0 saturated carbocycles. The lowest BCUT2D eigenvalue weighted by atomic mass is 9.99. The second-order valence-electron chi connectivity index (χ2n) is 7.38. The Labute approximate surface area is 173 Å². The van der Waals surface area contributed by atoms with Crippen LogP contribution in [0.2, 0.25) is 0 Å². The summed E-state index contributed by atoms with van der Waals surface area (Å²) in [5, 5.41) is 0. The molecule has 0 saturated heterocycles. The molecular formula is C24H26O4S. The maximum absolute atomic E-state index is 12.5. The number of hydrogen-bond acceptors (Lipinski definition) is 4. The summed E-state index contributed by atoms with van der Waals surface area (Å²) in [6.45, 7) is 6.62. The Kier molecular flexibility index (Phi) is 6.72. The molecule has 0 aliphatic rings. The van der Waals surface area contributed by atoms with Crippen LogP contribution in [0.1, 0.15) is 36.6 Å². The number of hydrogen-bond donors (Lipinski definition) is 0. The molecule has 152 valence electrons. The first-order valence-electron chi connectivity index (χ1n) is 9.62. The van der Waals surface area contributed by atoms with Gasteiger partial charge in [-0.1, -0.05) is 74.0 Å². The van der Waals surface area contributed by atoms with Crippen LogP contribution < -0.4 is 4.18 Å². The number of benzene rings is 3. The molecule has 0 N–H and O–H groups in total. The smallest absolute Gasteiger partial charge is 0.339 e. The van der Waals surface area contributed by atoms with E-state index in [4.69, 9.17) is 8.92 Å². The van der Waals surface area contributed by atoms with Gasteiger partial charge in [-0.25, -0.2) is 0 Å². The molecule has 0 aromatic heterocycles. The number of aryl methyl sites for hydroxylation is 1. The molecule has 3 rings (SSSR count). The lowest BCUT2D eigenvalue weighted by Gasteiger charge is -2.22. The molecule has 3 aromatic carbocycles. The quantitative estimate of drug-likeness (QED) is 0.449. The zero-order valence-electron chi connectivity index (χ0n) is 16.9. The van der Waals surface area contributed by atoms with E-state index in [9.17, 15) is 8.42 Å². The fraction of sp³-hybridized carbons (Fsp3) is 0.250. The predicted octanol–water partition coefficient (Wildman–Crippen LogP) is 5.68. The van der Waals surface area contributed by atoms with Gasteiger partial charge in [0.05, 0.1) is 12.7 Å². The van der Waals surface area contributed by atoms with Gasteiger partial charge in [0.25, 0.3) is 0 Å². The van der Waals surface area contributed by atoms with E-state index < -0.39 is 10.1 Å². The van der Waals surface area contributed by atoms with Crippen LogP contribution in [0.5, 0.6) is 5.75 Å². The van der Waals surface area contributed by atoms with E-state index in [0.717, 1.165) is 16.7 Å². The molecule has 0 fully saturated rings. The normalized spacial score (nSPS) is 12.7. The standard InChI is InChI=1S/C24H26O4S/c1-18(2)24(27-17-20-7-5-4-6-8-20)21-11-13-22(14-12-21)28-29(25,26)23-15-9-19(3)10-16-23/h4-16,18,24H,17H2,1-3H3. The molecular weight excluding hydrogens is 384 g/mol. The van der Waals surface area contributed by atoms with Gasteiger partial charge in [-0.15, -0.1) is 0 Å². The van der Waals surface area contributed by atoms with Crippen LogP contribution in [0.25, 0.3) is 0 Å². The van der Waals surface area contributed by atoms with Gasteiger partial charge in [-0.2, -0.15) is 8.42 Å². The molecule has 0 bridgehead atoms. The van der Waals surface area contributed by atoms with Crippen LogP contribution in [0.15, 0.2) is 83.8 Å². The highest BCUT2D eigenvalue weighted by atomic mass is 32.2. The SMILES string of the molecule is Cc1ccc(S(=O)(=O)Oc2ccc(C(OCc3ccccc3)C(C)C)cc2)cc1. The van der Waals surface area contributed by atoms with E-state index in [0.29, 0.717) is 6.61 Å². The Morgan fingerprint density at radius 2 is 1.45 bits per heavy atom. The molecule has 29 heavy (non-hydrogen) atoms. The average molecular weight is 411 g/mol.